The molecule has 0 saturated heterocycles. The zero-order chi connectivity index (χ0) is 14.9. The van der Waals surface area contributed by atoms with E-state index in [4.69, 9.17) is 5.73 Å². The number of halogens is 2. The van der Waals surface area contributed by atoms with Crippen molar-refractivity contribution in [2.75, 3.05) is 10.5 Å². The lowest BCUT2D eigenvalue weighted by atomic mass is 10.2. The van der Waals surface area contributed by atoms with Crippen molar-refractivity contribution in [3.63, 3.8) is 0 Å². The van der Waals surface area contributed by atoms with Gasteiger partial charge < -0.3 is 5.73 Å². The van der Waals surface area contributed by atoms with Gasteiger partial charge in [-0.2, -0.15) is 0 Å². The number of nitrogens with two attached hydrogens (primary N) is 1. The molecule has 0 atom stereocenters. The predicted octanol–water partition coefficient (Wildman–Crippen LogP) is 3.90. The van der Waals surface area contributed by atoms with E-state index in [1.807, 2.05) is 0 Å². The van der Waals surface area contributed by atoms with E-state index in [0.717, 1.165) is 0 Å². The molecule has 0 heterocycles. The van der Waals surface area contributed by atoms with Crippen molar-refractivity contribution in [1.82, 2.24) is 0 Å². The number of anilines is 2. The predicted molar refractivity (Wildman–Crippen MR) is 88.2 cm³/mol. The molecule has 0 aliphatic rings. The lowest BCUT2D eigenvalue weighted by Gasteiger charge is -2.13. The monoisotopic (exact) mass is 418 g/mol. The van der Waals surface area contributed by atoms with E-state index in [1.165, 1.54) is 6.07 Å². The summed E-state index contributed by atoms with van der Waals surface area (Å²) in [5.41, 5.74) is 7.23. The minimum Gasteiger partial charge on any atom is -0.399 e. The molecule has 0 radical (unpaired) electrons. The average Bonchev–Trinajstić information content (AvgIpc) is 2.33. The number of para-hydroxylation sites is 1. The summed E-state index contributed by atoms with van der Waals surface area (Å²) < 4.78 is 28.8. The fourth-order valence-corrected chi connectivity index (χ4v) is 4.55. The van der Waals surface area contributed by atoms with E-state index in [0.29, 0.717) is 25.9 Å². The van der Waals surface area contributed by atoms with E-state index >= 15 is 0 Å². The third-order valence-electron chi connectivity index (χ3n) is 2.69. The van der Waals surface area contributed by atoms with Gasteiger partial charge in [-0.25, -0.2) is 8.42 Å². The van der Waals surface area contributed by atoms with E-state index in [2.05, 4.69) is 36.6 Å². The SMILES string of the molecule is Cc1cc(N)ccc1S(=O)(=O)Nc1c(Br)cccc1Br. The Morgan fingerprint density at radius 1 is 1.10 bits per heavy atom. The molecule has 0 bridgehead atoms. The maximum Gasteiger partial charge on any atom is 0.262 e. The summed E-state index contributed by atoms with van der Waals surface area (Å²) in [5.74, 6) is 0. The summed E-state index contributed by atoms with van der Waals surface area (Å²) in [4.78, 5) is 0.203. The highest BCUT2D eigenvalue weighted by Crippen LogP contribution is 2.33. The highest BCUT2D eigenvalue weighted by Gasteiger charge is 2.19. The Hall–Kier alpha value is -1.05. The second-order valence-corrected chi connectivity index (χ2v) is 7.59. The third-order valence-corrected chi connectivity index (χ3v) is 5.52. The van der Waals surface area contributed by atoms with E-state index < -0.39 is 10.0 Å². The van der Waals surface area contributed by atoms with Crippen molar-refractivity contribution in [2.24, 2.45) is 0 Å². The van der Waals surface area contributed by atoms with Gasteiger partial charge in [-0.1, -0.05) is 6.07 Å². The number of hydrogen-bond acceptors (Lipinski definition) is 3. The molecule has 0 aliphatic carbocycles. The van der Waals surface area contributed by atoms with Gasteiger partial charge in [-0.3, -0.25) is 4.72 Å². The molecule has 0 amide bonds. The molecule has 0 aliphatic heterocycles. The zero-order valence-electron chi connectivity index (χ0n) is 10.5. The number of rotatable bonds is 3. The second kappa shape index (κ2) is 5.75. The van der Waals surface area contributed by atoms with Gasteiger partial charge in [0.05, 0.1) is 10.6 Å². The molecule has 2 rings (SSSR count). The Bertz CT molecular complexity index is 741. The van der Waals surface area contributed by atoms with Gasteiger partial charge in [-0.05, 0) is 74.7 Å². The molecule has 2 aromatic rings. The van der Waals surface area contributed by atoms with Crippen LogP contribution in [0.25, 0.3) is 0 Å². The first-order chi connectivity index (χ1) is 9.31. The lowest BCUT2D eigenvalue weighted by molar-refractivity contribution is 0.600. The van der Waals surface area contributed by atoms with Gasteiger partial charge in [0.2, 0.25) is 0 Å². The summed E-state index contributed by atoms with van der Waals surface area (Å²) in [6, 6.07) is 10.0. The van der Waals surface area contributed by atoms with Crippen molar-refractivity contribution in [3.8, 4) is 0 Å². The molecule has 2 aromatic carbocycles. The smallest absolute Gasteiger partial charge is 0.262 e. The van der Waals surface area contributed by atoms with Crippen LogP contribution in [0.3, 0.4) is 0 Å². The number of hydrogen-bond donors (Lipinski definition) is 2. The summed E-state index contributed by atoms with van der Waals surface area (Å²) in [5, 5.41) is 0. The van der Waals surface area contributed by atoms with Gasteiger partial charge >= 0.3 is 0 Å². The van der Waals surface area contributed by atoms with Crippen LogP contribution in [0.15, 0.2) is 50.2 Å². The van der Waals surface area contributed by atoms with Crippen LogP contribution in [0.1, 0.15) is 5.56 Å². The molecule has 0 fully saturated rings. The van der Waals surface area contributed by atoms with Gasteiger partial charge in [0, 0.05) is 14.6 Å². The van der Waals surface area contributed by atoms with Crippen molar-refractivity contribution in [1.29, 1.82) is 0 Å². The molecule has 3 N–H and O–H groups in total. The quantitative estimate of drug-likeness (QED) is 0.741. The second-order valence-electron chi connectivity index (χ2n) is 4.23. The molecule has 0 aromatic heterocycles. The summed E-state index contributed by atoms with van der Waals surface area (Å²) in [6.45, 7) is 1.71. The van der Waals surface area contributed by atoms with Crippen LogP contribution in [0, 0.1) is 6.92 Å². The highest BCUT2D eigenvalue weighted by atomic mass is 79.9. The number of nitrogen functional groups attached to an aromatic ring is 1. The maximum atomic E-state index is 12.4. The van der Waals surface area contributed by atoms with Gasteiger partial charge in [0.15, 0.2) is 0 Å². The van der Waals surface area contributed by atoms with Crippen molar-refractivity contribution in [3.05, 3.63) is 50.9 Å². The number of nitrogens with one attached hydrogen (secondary N) is 1. The largest absolute Gasteiger partial charge is 0.399 e. The Balaban J connectivity index is 2.46. The normalized spacial score (nSPS) is 11.3. The minimum absolute atomic E-state index is 0.203. The van der Waals surface area contributed by atoms with Crippen LogP contribution in [-0.4, -0.2) is 8.42 Å². The first-order valence-corrected chi connectivity index (χ1v) is 8.71. The molecule has 20 heavy (non-hydrogen) atoms. The molecule has 0 saturated carbocycles. The Morgan fingerprint density at radius 3 is 2.25 bits per heavy atom. The van der Waals surface area contributed by atoms with Crippen molar-refractivity contribution < 1.29 is 8.42 Å². The number of aryl methyl sites for hydroxylation is 1. The van der Waals surface area contributed by atoms with Gasteiger partial charge in [0.1, 0.15) is 0 Å². The van der Waals surface area contributed by atoms with Crippen LogP contribution >= 0.6 is 31.9 Å². The molecule has 0 unspecified atom stereocenters. The topological polar surface area (TPSA) is 72.2 Å². The lowest BCUT2D eigenvalue weighted by Crippen LogP contribution is -2.15. The summed E-state index contributed by atoms with van der Waals surface area (Å²) in [6.07, 6.45) is 0. The fraction of sp³-hybridized carbons (Fsp3) is 0.0769. The van der Waals surface area contributed by atoms with Gasteiger partial charge in [-0.15, -0.1) is 0 Å². The van der Waals surface area contributed by atoms with Crippen molar-refractivity contribution in [2.45, 2.75) is 11.8 Å². The van der Waals surface area contributed by atoms with Crippen molar-refractivity contribution >= 4 is 53.3 Å². The average molecular weight is 420 g/mol. The standard InChI is InChI=1S/C13H12Br2N2O2S/c1-8-7-9(16)5-6-12(8)20(18,19)17-13-10(14)3-2-4-11(13)15/h2-7,17H,16H2,1H3. The molecule has 106 valence electrons. The molecule has 4 nitrogen and oxygen atoms in total. The maximum absolute atomic E-state index is 12.4. The van der Waals surface area contributed by atoms with Gasteiger partial charge in [0.25, 0.3) is 10.0 Å². The Morgan fingerprint density at radius 2 is 1.70 bits per heavy atom. The van der Waals surface area contributed by atoms with Crippen LogP contribution in [0.5, 0.6) is 0 Å². The molecule has 7 heteroatoms. The fourth-order valence-electron chi connectivity index (χ4n) is 1.76. The molecular weight excluding hydrogens is 408 g/mol. The first kappa shape index (κ1) is 15.3. The third kappa shape index (κ3) is 3.16. The Kier molecular flexibility index (Phi) is 4.41. The number of sulfonamides is 1. The van der Waals surface area contributed by atoms with E-state index in [9.17, 15) is 8.42 Å². The first-order valence-electron chi connectivity index (χ1n) is 5.64. The van der Waals surface area contributed by atoms with E-state index in [-0.39, 0.29) is 4.90 Å². The van der Waals surface area contributed by atoms with Crippen LogP contribution in [0.2, 0.25) is 0 Å². The minimum atomic E-state index is -3.67. The molecular formula is C13H12Br2N2O2S. The summed E-state index contributed by atoms with van der Waals surface area (Å²) in [7, 11) is -3.67. The summed E-state index contributed by atoms with van der Waals surface area (Å²) >= 11 is 6.65. The highest BCUT2D eigenvalue weighted by molar-refractivity contribution is 9.11. The van der Waals surface area contributed by atoms with Crippen LogP contribution in [-0.2, 0) is 10.0 Å². The van der Waals surface area contributed by atoms with E-state index in [1.54, 1.807) is 37.3 Å². The van der Waals surface area contributed by atoms with Crippen LogP contribution < -0.4 is 10.5 Å². The van der Waals surface area contributed by atoms with Crippen LogP contribution in [0.4, 0.5) is 11.4 Å². The molecule has 0 spiro atoms. The number of benzene rings is 2. The Labute approximate surface area is 134 Å². The zero-order valence-corrected chi connectivity index (χ0v) is 14.5.